The van der Waals surface area contributed by atoms with Crippen molar-refractivity contribution < 1.29 is 19.1 Å². The minimum Gasteiger partial charge on any atom is -0.493 e. The predicted molar refractivity (Wildman–Crippen MR) is 105 cm³/mol. The number of anilines is 1. The van der Waals surface area contributed by atoms with Crippen LogP contribution in [0.3, 0.4) is 0 Å². The minimum absolute atomic E-state index is 0.145. The van der Waals surface area contributed by atoms with Crippen molar-refractivity contribution in [2.24, 2.45) is 5.73 Å². The fourth-order valence-electron chi connectivity index (χ4n) is 4.28. The van der Waals surface area contributed by atoms with Crippen LogP contribution in [-0.2, 0) is 9.59 Å². The number of carbonyl (C=O) groups is 2. The molecule has 0 unspecified atom stereocenters. The van der Waals surface area contributed by atoms with Gasteiger partial charge in [-0.2, -0.15) is 0 Å². The number of H-pyrrole nitrogens is 1. The lowest BCUT2D eigenvalue weighted by molar-refractivity contribution is -0.120. The molecule has 1 aromatic carbocycles. The van der Waals surface area contributed by atoms with E-state index in [-0.39, 0.29) is 30.5 Å². The summed E-state index contributed by atoms with van der Waals surface area (Å²) in [4.78, 5) is 36.4. The Bertz CT molecular complexity index is 1000. The molecule has 0 radical (unpaired) electrons. The number of benzene rings is 1. The van der Waals surface area contributed by atoms with Crippen LogP contribution in [-0.4, -0.2) is 35.3 Å². The van der Waals surface area contributed by atoms with Crippen LogP contribution >= 0.6 is 0 Å². The molecule has 4 N–H and O–H groups in total. The molecule has 1 aliphatic heterocycles. The van der Waals surface area contributed by atoms with Crippen LogP contribution in [0.2, 0.25) is 0 Å². The number of aromatic amines is 1. The van der Waals surface area contributed by atoms with E-state index in [0.717, 1.165) is 31.2 Å². The van der Waals surface area contributed by atoms with E-state index in [4.69, 9.17) is 15.2 Å². The summed E-state index contributed by atoms with van der Waals surface area (Å²) in [5.41, 5.74) is 6.25. The Morgan fingerprint density at radius 2 is 2.00 bits per heavy atom. The molecule has 1 aliphatic carbocycles. The van der Waals surface area contributed by atoms with Crippen molar-refractivity contribution in [3.63, 3.8) is 0 Å². The maximum Gasteiger partial charge on any atom is 0.270 e. The molecule has 1 atom stereocenters. The summed E-state index contributed by atoms with van der Waals surface area (Å²) < 4.78 is 12.6. The number of primary amides is 1. The molecular formula is C20H24N4O5. The molecule has 154 valence electrons. The third-order valence-corrected chi connectivity index (χ3v) is 5.61. The number of amides is 2. The smallest absolute Gasteiger partial charge is 0.270 e. The Morgan fingerprint density at radius 3 is 2.69 bits per heavy atom. The number of aromatic nitrogens is 2. The van der Waals surface area contributed by atoms with Gasteiger partial charge >= 0.3 is 0 Å². The zero-order valence-corrected chi connectivity index (χ0v) is 16.2. The number of nitrogens with two attached hydrogens (primary N) is 1. The number of rotatable bonds is 6. The SMILES string of the molecule is COc1ccc([C@H]2CC(=O)Nc3c2c(=O)[nH]n3C2CCCC2)cc1OCC(N)=O. The fraction of sp³-hybridized carbons (Fsp3) is 0.450. The van der Waals surface area contributed by atoms with E-state index in [1.807, 2.05) is 4.68 Å². The summed E-state index contributed by atoms with van der Waals surface area (Å²) in [6, 6.07) is 5.38. The topological polar surface area (TPSA) is 128 Å². The van der Waals surface area contributed by atoms with Crippen LogP contribution < -0.4 is 26.1 Å². The molecule has 1 saturated carbocycles. The average molecular weight is 400 g/mol. The summed E-state index contributed by atoms with van der Waals surface area (Å²) in [6.07, 6.45) is 4.31. The van der Waals surface area contributed by atoms with Crippen LogP contribution in [0.15, 0.2) is 23.0 Å². The van der Waals surface area contributed by atoms with Crippen LogP contribution in [0.5, 0.6) is 11.5 Å². The monoisotopic (exact) mass is 400 g/mol. The van der Waals surface area contributed by atoms with Gasteiger partial charge in [-0.3, -0.25) is 24.2 Å². The number of methoxy groups -OCH3 is 1. The molecule has 1 fully saturated rings. The highest BCUT2D eigenvalue weighted by atomic mass is 16.5. The van der Waals surface area contributed by atoms with Gasteiger partial charge in [-0.05, 0) is 30.5 Å². The van der Waals surface area contributed by atoms with Gasteiger partial charge < -0.3 is 20.5 Å². The molecule has 2 aliphatic rings. The van der Waals surface area contributed by atoms with Crippen LogP contribution in [0.1, 0.15) is 55.2 Å². The summed E-state index contributed by atoms with van der Waals surface area (Å²) in [6.45, 7) is -0.297. The van der Waals surface area contributed by atoms with Crippen LogP contribution in [0, 0.1) is 0 Å². The summed E-state index contributed by atoms with van der Waals surface area (Å²) in [5, 5.41) is 5.80. The maximum atomic E-state index is 12.8. The zero-order valence-electron chi connectivity index (χ0n) is 16.2. The van der Waals surface area contributed by atoms with E-state index < -0.39 is 11.8 Å². The van der Waals surface area contributed by atoms with Crippen molar-refractivity contribution in [2.45, 2.75) is 44.1 Å². The van der Waals surface area contributed by atoms with E-state index in [9.17, 15) is 14.4 Å². The second kappa shape index (κ2) is 7.65. The zero-order chi connectivity index (χ0) is 20.5. The van der Waals surface area contributed by atoms with Gasteiger partial charge in [0, 0.05) is 12.3 Å². The van der Waals surface area contributed by atoms with Crippen LogP contribution in [0.4, 0.5) is 5.82 Å². The first-order valence-corrected chi connectivity index (χ1v) is 9.71. The van der Waals surface area contributed by atoms with Crippen molar-refractivity contribution in [3.05, 3.63) is 39.7 Å². The van der Waals surface area contributed by atoms with Gasteiger partial charge in [0.25, 0.3) is 11.5 Å². The second-order valence-corrected chi connectivity index (χ2v) is 7.48. The second-order valence-electron chi connectivity index (χ2n) is 7.48. The van der Waals surface area contributed by atoms with Gasteiger partial charge in [0.2, 0.25) is 5.91 Å². The normalized spacial score (nSPS) is 18.9. The highest BCUT2D eigenvalue weighted by Crippen LogP contribution is 2.41. The molecule has 9 nitrogen and oxygen atoms in total. The van der Waals surface area contributed by atoms with Crippen molar-refractivity contribution in [3.8, 4) is 11.5 Å². The van der Waals surface area contributed by atoms with Gasteiger partial charge in [0.15, 0.2) is 18.1 Å². The minimum atomic E-state index is -0.609. The molecule has 29 heavy (non-hydrogen) atoms. The number of ether oxygens (including phenoxy) is 2. The molecule has 2 amide bonds. The summed E-state index contributed by atoms with van der Waals surface area (Å²) >= 11 is 0. The lowest BCUT2D eigenvalue weighted by Crippen LogP contribution is -2.27. The molecule has 2 aromatic rings. The summed E-state index contributed by atoms with van der Waals surface area (Å²) in [5.74, 6) is 0.145. The molecule has 4 rings (SSSR count). The first-order valence-electron chi connectivity index (χ1n) is 9.71. The molecule has 0 bridgehead atoms. The Morgan fingerprint density at radius 1 is 1.24 bits per heavy atom. The van der Waals surface area contributed by atoms with Crippen molar-refractivity contribution in [2.75, 3.05) is 19.0 Å². The molecule has 9 heteroatoms. The number of carbonyl (C=O) groups excluding carboxylic acids is 2. The third-order valence-electron chi connectivity index (χ3n) is 5.61. The highest BCUT2D eigenvalue weighted by molar-refractivity contribution is 5.94. The molecular weight excluding hydrogens is 376 g/mol. The first-order chi connectivity index (χ1) is 14.0. The lowest BCUT2D eigenvalue weighted by atomic mass is 9.87. The highest BCUT2D eigenvalue weighted by Gasteiger charge is 2.35. The van der Waals surface area contributed by atoms with E-state index >= 15 is 0 Å². The van der Waals surface area contributed by atoms with E-state index in [0.29, 0.717) is 22.9 Å². The predicted octanol–water partition coefficient (Wildman–Crippen LogP) is 1.64. The number of hydrogen-bond acceptors (Lipinski definition) is 5. The van der Waals surface area contributed by atoms with Gasteiger partial charge in [-0.1, -0.05) is 18.9 Å². The Labute approximate surface area is 167 Å². The van der Waals surface area contributed by atoms with Gasteiger partial charge in [-0.15, -0.1) is 0 Å². The van der Waals surface area contributed by atoms with Crippen LogP contribution in [0.25, 0.3) is 0 Å². The van der Waals surface area contributed by atoms with Gasteiger partial charge in [-0.25, -0.2) is 0 Å². The Hall–Kier alpha value is -3.23. The first kappa shape index (κ1) is 19.1. The number of fused-ring (bicyclic) bond motifs is 1. The third kappa shape index (κ3) is 3.59. The van der Waals surface area contributed by atoms with E-state index in [2.05, 4.69) is 10.4 Å². The largest absolute Gasteiger partial charge is 0.493 e. The maximum absolute atomic E-state index is 12.8. The fourth-order valence-corrected chi connectivity index (χ4v) is 4.28. The van der Waals surface area contributed by atoms with Crippen molar-refractivity contribution >= 4 is 17.6 Å². The lowest BCUT2D eigenvalue weighted by Gasteiger charge is -2.25. The number of nitrogens with zero attached hydrogens (tertiary/aromatic N) is 1. The van der Waals surface area contributed by atoms with Gasteiger partial charge in [0.05, 0.1) is 18.7 Å². The quantitative estimate of drug-likeness (QED) is 0.679. The van der Waals surface area contributed by atoms with Crippen molar-refractivity contribution in [1.29, 1.82) is 0 Å². The van der Waals surface area contributed by atoms with Gasteiger partial charge in [0.1, 0.15) is 5.82 Å². The van der Waals surface area contributed by atoms with Crippen molar-refractivity contribution in [1.82, 2.24) is 9.78 Å². The molecule has 0 spiro atoms. The standard InChI is InChI=1S/C20H24N4O5/c1-28-14-7-6-11(8-15(14)29-10-16(21)25)13-9-17(26)22-19-18(13)20(27)23-24(19)12-4-2-3-5-12/h6-8,12-13H,2-5,9-10H2,1H3,(H2,21,25)(H,22,26)(H,23,27)/t13-/m1/s1. The number of hydrogen-bond donors (Lipinski definition) is 3. The number of nitrogens with one attached hydrogen (secondary N) is 2. The molecule has 2 heterocycles. The van der Waals surface area contributed by atoms with E-state index in [1.54, 1.807) is 18.2 Å². The summed E-state index contributed by atoms with van der Waals surface area (Å²) in [7, 11) is 1.49. The van der Waals surface area contributed by atoms with E-state index in [1.165, 1.54) is 7.11 Å². The molecule has 1 aromatic heterocycles. The average Bonchev–Trinajstić information content (AvgIpc) is 3.33. The Balaban J connectivity index is 1.75. The molecule has 0 saturated heterocycles. The Kier molecular flexibility index (Phi) is 5.04.